The van der Waals surface area contributed by atoms with Gasteiger partial charge in [-0.15, -0.1) is 0 Å². The van der Waals surface area contributed by atoms with E-state index in [-0.39, 0.29) is 40.7 Å². The van der Waals surface area contributed by atoms with Gasteiger partial charge in [-0.1, -0.05) is 13.8 Å². The van der Waals surface area contributed by atoms with Crippen LogP contribution in [0.15, 0.2) is 36.4 Å². The van der Waals surface area contributed by atoms with Gasteiger partial charge in [0.05, 0.1) is 17.7 Å². The lowest BCUT2D eigenvalue weighted by Gasteiger charge is -2.17. The maximum atomic E-state index is 12.9. The fourth-order valence-corrected chi connectivity index (χ4v) is 3.56. The highest BCUT2D eigenvalue weighted by Crippen LogP contribution is 2.16. The zero-order valence-corrected chi connectivity index (χ0v) is 22.6. The molecule has 0 bridgehead atoms. The number of esters is 1. The van der Waals surface area contributed by atoms with Gasteiger partial charge in [0.15, 0.2) is 0 Å². The molecule has 0 unspecified atom stereocenters. The van der Waals surface area contributed by atoms with Crippen LogP contribution in [0.25, 0.3) is 0 Å². The number of rotatable bonds is 11. The number of carbonyl (C=O) groups is 4. The van der Waals surface area contributed by atoms with E-state index in [0.717, 1.165) is 12.8 Å². The van der Waals surface area contributed by atoms with Gasteiger partial charge in [0.2, 0.25) is 0 Å². The second-order valence-electron chi connectivity index (χ2n) is 8.58. The Bertz CT molecular complexity index is 1120. The van der Waals surface area contributed by atoms with Gasteiger partial charge in [0.1, 0.15) is 13.3 Å². The van der Waals surface area contributed by atoms with Gasteiger partial charge >= 0.3 is 11.9 Å². The summed E-state index contributed by atoms with van der Waals surface area (Å²) in [5.41, 5.74) is 1.14. The molecule has 0 atom stereocenters. The number of carboxylic acid groups (broad SMARTS) is 1. The summed E-state index contributed by atoms with van der Waals surface area (Å²) in [5.74, 6) is -2.24. The van der Waals surface area contributed by atoms with Crippen molar-refractivity contribution >= 4 is 23.8 Å². The van der Waals surface area contributed by atoms with E-state index in [1.54, 1.807) is 25.9 Å². The Labute approximate surface area is 222 Å². The van der Waals surface area contributed by atoms with Gasteiger partial charge in [0, 0.05) is 38.3 Å². The smallest absolute Gasteiger partial charge is 0.338 e. The Morgan fingerprint density at radius 1 is 0.711 bits per heavy atom. The topological polar surface area (TPSA) is 104 Å². The third-order valence-corrected chi connectivity index (χ3v) is 5.36. The molecule has 2 amide bonds. The number of ether oxygens (including phenoxy) is 1. The molecule has 2 aromatic carbocycles. The van der Waals surface area contributed by atoms with Crippen molar-refractivity contribution in [1.29, 1.82) is 0 Å². The Morgan fingerprint density at radius 3 is 1.47 bits per heavy atom. The molecule has 0 aliphatic rings. The zero-order chi connectivity index (χ0) is 28.8. The molecule has 8 nitrogen and oxygen atoms in total. The number of amides is 2. The summed E-state index contributed by atoms with van der Waals surface area (Å²) < 4.78 is 30.4. The lowest BCUT2D eigenvalue weighted by molar-refractivity contribution is 0.0525. The fraction of sp³-hybridized carbons (Fsp3) is 0.429. The van der Waals surface area contributed by atoms with Crippen LogP contribution in [0.3, 0.4) is 0 Å². The number of halogens is 2. The van der Waals surface area contributed by atoms with Gasteiger partial charge < -0.3 is 19.6 Å². The van der Waals surface area contributed by atoms with Crippen LogP contribution in [-0.2, 0) is 18.1 Å². The van der Waals surface area contributed by atoms with Gasteiger partial charge in [-0.25, -0.2) is 18.4 Å². The number of hydrogen-bond donors (Lipinski definition) is 1. The van der Waals surface area contributed by atoms with Crippen LogP contribution in [0.4, 0.5) is 8.78 Å². The van der Waals surface area contributed by atoms with E-state index in [1.165, 1.54) is 41.3 Å². The largest absolute Gasteiger partial charge is 0.478 e. The first-order valence-corrected chi connectivity index (χ1v) is 12.3. The molecule has 0 saturated heterocycles. The highest BCUT2D eigenvalue weighted by molar-refractivity contribution is 5.98. The SMILES string of the molecule is CCCN(C)C(=O)c1cc(CF)cc(C(=O)O)c1.CCCN(C)C(=O)c1cc(CF)cc(C(=O)OCC)c1. The molecule has 208 valence electrons. The summed E-state index contributed by atoms with van der Waals surface area (Å²) in [4.78, 5) is 49.8. The normalized spacial score (nSPS) is 10.2. The molecule has 1 N–H and O–H groups in total. The predicted molar refractivity (Wildman–Crippen MR) is 140 cm³/mol. The Kier molecular flexibility index (Phi) is 13.7. The molecule has 2 aromatic rings. The Balaban J connectivity index is 0.000000382. The van der Waals surface area contributed by atoms with Crippen molar-refractivity contribution in [3.63, 3.8) is 0 Å². The summed E-state index contributed by atoms with van der Waals surface area (Å²) in [6.07, 6.45) is 1.63. The molecule has 38 heavy (non-hydrogen) atoms. The quantitative estimate of drug-likeness (QED) is 0.400. The minimum absolute atomic E-state index is 0.0709. The molecule has 0 aromatic heterocycles. The van der Waals surface area contributed by atoms with E-state index < -0.39 is 25.3 Å². The number of aromatic carboxylic acids is 1. The number of carboxylic acids is 1. The third-order valence-electron chi connectivity index (χ3n) is 5.36. The van der Waals surface area contributed by atoms with Crippen molar-refractivity contribution in [2.75, 3.05) is 33.8 Å². The minimum Gasteiger partial charge on any atom is -0.478 e. The Hall–Kier alpha value is -3.82. The van der Waals surface area contributed by atoms with Gasteiger partial charge in [-0.05, 0) is 67.3 Å². The van der Waals surface area contributed by atoms with E-state index in [4.69, 9.17) is 9.84 Å². The highest BCUT2D eigenvalue weighted by Gasteiger charge is 2.17. The van der Waals surface area contributed by atoms with Gasteiger partial charge in [-0.3, -0.25) is 9.59 Å². The number of nitrogens with zero attached hydrogens (tertiary/aromatic N) is 2. The minimum atomic E-state index is -1.17. The van der Waals surface area contributed by atoms with Gasteiger partial charge in [-0.2, -0.15) is 0 Å². The predicted octanol–water partition coefficient (Wildman–Crippen LogP) is 5.15. The zero-order valence-electron chi connectivity index (χ0n) is 22.6. The third kappa shape index (κ3) is 9.57. The van der Waals surface area contributed by atoms with Crippen molar-refractivity contribution in [3.8, 4) is 0 Å². The first-order valence-electron chi connectivity index (χ1n) is 12.3. The monoisotopic (exact) mass is 534 g/mol. The molecule has 0 spiro atoms. The van der Waals surface area contributed by atoms with Gasteiger partial charge in [0.25, 0.3) is 11.8 Å². The highest BCUT2D eigenvalue weighted by atomic mass is 19.1. The number of carbonyl (C=O) groups excluding carboxylic acids is 3. The molecule has 10 heteroatoms. The summed E-state index contributed by atoms with van der Waals surface area (Å²) in [6, 6.07) is 8.23. The van der Waals surface area contributed by atoms with Crippen LogP contribution in [-0.4, -0.2) is 72.5 Å². The fourth-order valence-electron chi connectivity index (χ4n) is 3.56. The van der Waals surface area contributed by atoms with Crippen LogP contribution in [0, 0.1) is 0 Å². The molecule has 0 fully saturated rings. The standard InChI is InChI=1S/C15H20FNO3.C13H16FNO3/c1-4-6-17(3)14(18)12-7-11(10-16)8-13(9-12)15(19)20-5-2;1-3-4-15(2)12(16)10-5-9(8-14)6-11(7-10)13(17)18/h7-9H,4-6,10H2,1-3H3;5-7H,3-4,8H2,1-2H3,(H,17,18). The van der Waals surface area contributed by atoms with E-state index >= 15 is 0 Å². The summed E-state index contributed by atoms with van der Waals surface area (Å²) in [7, 11) is 3.31. The Morgan fingerprint density at radius 2 is 1.11 bits per heavy atom. The molecule has 0 aliphatic carbocycles. The lowest BCUT2D eigenvalue weighted by atomic mass is 10.1. The van der Waals surface area contributed by atoms with E-state index in [0.29, 0.717) is 24.2 Å². The molecule has 0 heterocycles. The van der Waals surface area contributed by atoms with Crippen molar-refractivity contribution < 1.29 is 37.8 Å². The second kappa shape index (κ2) is 16.1. The van der Waals surface area contributed by atoms with E-state index in [1.807, 2.05) is 13.8 Å². The summed E-state index contributed by atoms with van der Waals surface area (Å²) >= 11 is 0. The van der Waals surface area contributed by atoms with Crippen LogP contribution >= 0.6 is 0 Å². The van der Waals surface area contributed by atoms with Crippen molar-refractivity contribution in [1.82, 2.24) is 9.80 Å². The molecular formula is C28H36F2N2O6. The number of hydrogen-bond acceptors (Lipinski definition) is 5. The first kappa shape index (κ1) is 32.2. The second-order valence-corrected chi connectivity index (χ2v) is 8.58. The van der Waals surface area contributed by atoms with Crippen LogP contribution < -0.4 is 0 Å². The van der Waals surface area contributed by atoms with Crippen molar-refractivity contribution in [3.05, 3.63) is 69.8 Å². The average molecular weight is 535 g/mol. The summed E-state index contributed by atoms with van der Waals surface area (Å²) in [6.45, 7) is 5.48. The number of benzene rings is 2. The molecule has 0 radical (unpaired) electrons. The molecular weight excluding hydrogens is 498 g/mol. The van der Waals surface area contributed by atoms with E-state index in [9.17, 15) is 28.0 Å². The maximum Gasteiger partial charge on any atom is 0.338 e. The van der Waals surface area contributed by atoms with E-state index in [2.05, 4.69) is 0 Å². The maximum absolute atomic E-state index is 12.9. The van der Waals surface area contributed by atoms with Crippen LogP contribution in [0.2, 0.25) is 0 Å². The average Bonchev–Trinajstić information content (AvgIpc) is 2.92. The molecule has 0 saturated carbocycles. The number of alkyl halides is 2. The summed E-state index contributed by atoms with van der Waals surface area (Å²) in [5, 5.41) is 8.91. The van der Waals surface area contributed by atoms with Crippen molar-refractivity contribution in [2.45, 2.75) is 47.0 Å². The lowest BCUT2D eigenvalue weighted by Crippen LogP contribution is -2.27. The van der Waals surface area contributed by atoms with Crippen LogP contribution in [0.1, 0.15) is 86.2 Å². The van der Waals surface area contributed by atoms with Crippen molar-refractivity contribution in [2.24, 2.45) is 0 Å². The van der Waals surface area contributed by atoms with Crippen LogP contribution in [0.5, 0.6) is 0 Å². The first-order chi connectivity index (χ1) is 18.0. The molecule has 0 aliphatic heterocycles. The molecule has 2 rings (SSSR count).